The Labute approximate surface area is 252 Å². The van der Waals surface area contributed by atoms with Crippen molar-refractivity contribution in [2.45, 2.75) is 62.5 Å². The van der Waals surface area contributed by atoms with Crippen LogP contribution in [0, 0.1) is 0 Å². The summed E-state index contributed by atoms with van der Waals surface area (Å²) in [6, 6.07) is 33.0. The molecule has 0 aromatic heterocycles. The summed E-state index contributed by atoms with van der Waals surface area (Å²) in [5, 5.41) is 8.64. The molecule has 0 heterocycles. The topological polar surface area (TPSA) is 47.9 Å². The second kappa shape index (κ2) is 21.5. The molecule has 224 valence electrons. The Hall–Kier alpha value is -2.15. The molecule has 0 saturated heterocycles. The minimum atomic E-state index is -0.198. The van der Waals surface area contributed by atoms with E-state index >= 15 is 0 Å². The molecule has 0 unspecified atom stereocenters. The van der Waals surface area contributed by atoms with Crippen molar-refractivity contribution >= 4 is 11.8 Å². The van der Waals surface area contributed by atoms with Gasteiger partial charge in [-0.1, -0.05) is 136 Å². The van der Waals surface area contributed by atoms with Gasteiger partial charge in [0.1, 0.15) is 0 Å². The molecule has 0 atom stereocenters. The molecule has 4 nitrogen and oxygen atoms in total. The van der Waals surface area contributed by atoms with Crippen LogP contribution in [0.2, 0.25) is 0 Å². The predicted molar refractivity (Wildman–Crippen MR) is 173 cm³/mol. The maximum atomic E-state index is 8.64. The lowest BCUT2D eigenvalue weighted by molar-refractivity contribution is 0.00719. The van der Waals surface area contributed by atoms with E-state index < -0.39 is 0 Å². The Morgan fingerprint density at radius 3 is 1.24 bits per heavy atom. The highest BCUT2D eigenvalue weighted by Crippen LogP contribution is 2.48. The van der Waals surface area contributed by atoms with E-state index in [0.29, 0.717) is 33.0 Å². The van der Waals surface area contributed by atoms with Crippen molar-refractivity contribution < 1.29 is 19.3 Å². The highest BCUT2D eigenvalue weighted by Gasteiger charge is 2.36. The van der Waals surface area contributed by atoms with Gasteiger partial charge in [0.25, 0.3) is 0 Å². The first kappa shape index (κ1) is 33.4. The van der Waals surface area contributed by atoms with E-state index in [4.69, 9.17) is 19.3 Å². The summed E-state index contributed by atoms with van der Waals surface area (Å²) >= 11 is 2.08. The number of ether oxygens (including phenoxy) is 3. The van der Waals surface area contributed by atoms with Gasteiger partial charge in [0.2, 0.25) is 0 Å². The second-order valence-electron chi connectivity index (χ2n) is 10.4. The molecule has 3 aromatic carbocycles. The quantitative estimate of drug-likeness (QED) is 0.0856. The van der Waals surface area contributed by atoms with E-state index in [-0.39, 0.29) is 11.4 Å². The van der Waals surface area contributed by atoms with Crippen molar-refractivity contribution in [2.24, 2.45) is 0 Å². The lowest BCUT2D eigenvalue weighted by Crippen LogP contribution is -2.26. The van der Waals surface area contributed by atoms with Gasteiger partial charge in [-0.2, -0.15) is 0 Å². The monoisotopic (exact) mass is 578 g/mol. The highest BCUT2D eigenvalue weighted by molar-refractivity contribution is 8.00. The molecular formula is C36H50O4S. The van der Waals surface area contributed by atoms with Crippen LogP contribution >= 0.6 is 11.8 Å². The fraction of sp³-hybridized carbons (Fsp3) is 0.500. The standard InChI is InChI=1S/C36H50O4S/c37-25-27-39-29-31-40-30-28-38-26-17-6-4-2-1-3-5-7-18-32-41-36(33-19-11-8-12-20-33,34-21-13-9-14-22-34)35-23-15-10-16-24-35/h8-16,19-24,37H,1-7,17-18,25-32H2. The van der Waals surface area contributed by atoms with Crippen LogP contribution in [-0.4, -0.2) is 57.1 Å². The number of hydrogen-bond acceptors (Lipinski definition) is 5. The van der Waals surface area contributed by atoms with E-state index in [1.807, 2.05) is 0 Å². The second-order valence-corrected chi connectivity index (χ2v) is 11.7. The van der Waals surface area contributed by atoms with Gasteiger partial charge in [0.15, 0.2) is 0 Å². The van der Waals surface area contributed by atoms with Crippen molar-refractivity contribution in [1.29, 1.82) is 0 Å². The van der Waals surface area contributed by atoms with Gasteiger partial charge >= 0.3 is 0 Å². The minimum Gasteiger partial charge on any atom is -0.394 e. The summed E-state index contributed by atoms with van der Waals surface area (Å²) in [5.41, 5.74) is 4.05. The van der Waals surface area contributed by atoms with Crippen LogP contribution in [0.5, 0.6) is 0 Å². The lowest BCUT2D eigenvalue weighted by atomic mass is 9.84. The summed E-state index contributed by atoms with van der Waals surface area (Å²) < 4.78 is 16.0. The number of unbranched alkanes of at least 4 members (excludes halogenated alkanes) is 8. The number of benzene rings is 3. The van der Waals surface area contributed by atoms with Gasteiger partial charge in [0, 0.05) is 6.61 Å². The van der Waals surface area contributed by atoms with Crippen LogP contribution in [0.3, 0.4) is 0 Å². The molecule has 5 heteroatoms. The summed E-state index contributed by atoms with van der Waals surface area (Å²) in [6.07, 6.45) is 11.5. The van der Waals surface area contributed by atoms with Crippen LogP contribution in [0.25, 0.3) is 0 Å². The van der Waals surface area contributed by atoms with Gasteiger partial charge < -0.3 is 19.3 Å². The average molecular weight is 579 g/mol. The van der Waals surface area contributed by atoms with Crippen molar-refractivity contribution in [3.8, 4) is 0 Å². The molecule has 0 bridgehead atoms. The molecule has 0 amide bonds. The van der Waals surface area contributed by atoms with E-state index in [9.17, 15) is 0 Å². The largest absolute Gasteiger partial charge is 0.394 e. The van der Waals surface area contributed by atoms with E-state index in [2.05, 4.69) is 103 Å². The molecule has 0 aliphatic carbocycles. The average Bonchev–Trinajstić information content (AvgIpc) is 3.03. The van der Waals surface area contributed by atoms with Crippen LogP contribution in [-0.2, 0) is 19.0 Å². The number of aliphatic hydroxyl groups excluding tert-OH is 1. The van der Waals surface area contributed by atoms with Gasteiger partial charge in [-0.05, 0) is 35.3 Å². The summed E-state index contributed by atoms with van der Waals surface area (Å²) in [6.45, 7) is 3.57. The zero-order valence-corrected chi connectivity index (χ0v) is 25.6. The van der Waals surface area contributed by atoms with Crippen molar-refractivity contribution in [2.75, 3.05) is 52.0 Å². The van der Waals surface area contributed by atoms with Gasteiger partial charge in [-0.3, -0.25) is 0 Å². The van der Waals surface area contributed by atoms with Crippen LogP contribution in [0.4, 0.5) is 0 Å². The lowest BCUT2D eigenvalue weighted by Gasteiger charge is -2.35. The fourth-order valence-corrected chi connectivity index (χ4v) is 6.71. The molecular weight excluding hydrogens is 528 g/mol. The molecule has 1 N–H and O–H groups in total. The Morgan fingerprint density at radius 1 is 0.439 bits per heavy atom. The van der Waals surface area contributed by atoms with Gasteiger partial charge in [-0.25, -0.2) is 0 Å². The third-order valence-corrected chi connectivity index (χ3v) is 8.91. The Bertz CT molecular complexity index is 903. The first-order chi connectivity index (χ1) is 20.4. The zero-order valence-electron chi connectivity index (χ0n) is 24.8. The SMILES string of the molecule is OCCOCCOCCOCCCCCCCCCCCSC(c1ccccc1)(c1ccccc1)c1ccccc1. The maximum absolute atomic E-state index is 8.64. The molecule has 3 aromatic rings. The minimum absolute atomic E-state index is 0.0591. The Balaban J connectivity index is 1.29. The van der Waals surface area contributed by atoms with Crippen LogP contribution in [0.15, 0.2) is 91.0 Å². The molecule has 3 rings (SSSR count). The summed E-state index contributed by atoms with van der Waals surface area (Å²) in [5.74, 6) is 1.14. The maximum Gasteiger partial charge on any atom is 0.0906 e. The van der Waals surface area contributed by atoms with E-state index in [0.717, 1.165) is 18.8 Å². The van der Waals surface area contributed by atoms with Gasteiger partial charge in [0.05, 0.1) is 44.4 Å². The van der Waals surface area contributed by atoms with Crippen molar-refractivity contribution in [3.63, 3.8) is 0 Å². The van der Waals surface area contributed by atoms with Crippen molar-refractivity contribution in [3.05, 3.63) is 108 Å². The van der Waals surface area contributed by atoms with Crippen LogP contribution < -0.4 is 0 Å². The molecule has 41 heavy (non-hydrogen) atoms. The third kappa shape index (κ3) is 12.3. The molecule has 0 radical (unpaired) electrons. The summed E-state index contributed by atoms with van der Waals surface area (Å²) in [4.78, 5) is 0. The Morgan fingerprint density at radius 2 is 0.805 bits per heavy atom. The molecule has 0 aliphatic rings. The first-order valence-corrected chi connectivity index (χ1v) is 16.5. The number of hydrogen-bond donors (Lipinski definition) is 1. The van der Waals surface area contributed by atoms with Gasteiger partial charge in [-0.15, -0.1) is 11.8 Å². The number of aliphatic hydroxyl groups is 1. The molecule has 0 fully saturated rings. The molecule has 0 saturated carbocycles. The number of rotatable bonds is 24. The Kier molecular flexibility index (Phi) is 17.5. The van der Waals surface area contributed by atoms with Crippen molar-refractivity contribution in [1.82, 2.24) is 0 Å². The predicted octanol–water partition coefficient (Wildman–Crippen LogP) is 8.26. The number of thioether (sulfide) groups is 1. The smallest absolute Gasteiger partial charge is 0.0906 e. The van der Waals surface area contributed by atoms with E-state index in [1.54, 1.807) is 0 Å². The summed E-state index contributed by atoms with van der Waals surface area (Å²) in [7, 11) is 0. The molecule has 0 aliphatic heterocycles. The zero-order chi connectivity index (χ0) is 28.7. The normalized spacial score (nSPS) is 11.6. The molecule has 0 spiro atoms. The highest BCUT2D eigenvalue weighted by atomic mass is 32.2. The van der Waals surface area contributed by atoms with E-state index in [1.165, 1.54) is 68.1 Å². The third-order valence-electron chi connectivity index (χ3n) is 7.27. The van der Waals surface area contributed by atoms with Crippen LogP contribution in [0.1, 0.15) is 74.5 Å². The first-order valence-electron chi connectivity index (χ1n) is 15.5. The fourth-order valence-electron chi connectivity index (χ4n) is 5.14.